The number of hydrogen-bond donors (Lipinski definition) is 0. The fourth-order valence-corrected chi connectivity index (χ4v) is 5.73. The first-order valence-electron chi connectivity index (χ1n) is 15.5. The summed E-state index contributed by atoms with van der Waals surface area (Å²) in [5, 5.41) is 0. The van der Waals surface area contributed by atoms with Crippen molar-refractivity contribution in [3.8, 4) is 11.1 Å². The minimum atomic E-state index is -0.330. The van der Waals surface area contributed by atoms with Gasteiger partial charge < -0.3 is 18.9 Å². The highest BCUT2D eigenvalue weighted by atomic mass is 16.6. The van der Waals surface area contributed by atoms with Crippen LogP contribution in [0.3, 0.4) is 0 Å². The van der Waals surface area contributed by atoms with Gasteiger partial charge in [-0.05, 0) is 46.4 Å². The van der Waals surface area contributed by atoms with Gasteiger partial charge in [-0.1, -0.05) is 139 Å². The van der Waals surface area contributed by atoms with Gasteiger partial charge >= 0.3 is 0 Å². The van der Waals surface area contributed by atoms with E-state index in [2.05, 4.69) is 91.9 Å². The van der Waals surface area contributed by atoms with Gasteiger partial charge in [0.05, 0.1) is 38.6 Å². The molecule has 224 valence electrons. The average Bonchev–Trinajstić information content (AvgIpc) is 3.08. The first kappa shape index (κ1) is 30.0. The summed E-state index contributed by atoms with van der Waals surface area (Å²) in [4.78, 5) is 0. The van der Waals surface area contributed by atoms with E-state index in [1.165, 1.54) is 11.1 Å². The number of hydrogen-bond acceptors (Lipinski definition) is 4. The van der Waals surface area contributed by atoms with Crippen molar-refractivity contribution in [2.24, 2.45) is 0 Å². The quantitative estimate of drug-likeness (QED) is 0.147. The van der Waals surface area contributed by atoms with Crippen molar-refractivity contribution in [2.75, 3.05) is 6.61 Å². The number of aryl methyl sites for hydroxylation is 1. The smallest absolute Gasteiger partial charge is 0.114 e. The van der Waals surface area contributed by atoms with Crippen LogP contribution in [0.25, 0.3) is 11.1 Å². The van der Waals surface area contributed by atoms with Gasteiger partial charge in [-0.3, -0.25) is 0 Å². The van der Waals surface area contributed by atoms with Gasteiger partial charge in [-0.2, -0.15) is 0 Å². The molecule has 1 heterocycles. The third kappa shape index (κ3) is 8.10. The Balaban J connectivity index is 1.28. The van der Waals surface area contributed by atoms with Crippen LogP contribution in [0.5, 0.6) is 0 Å². The second-order valence-electron chi connectivity index (χ2n) is 11.5. The zero-order valence-electron chi connectivity index (χ0n) is 25.3. The van der Waals surface area contributed by atoms with Crippen molar-refractivity contribution >= 4 is 0 Å². The molecule has 4 heteroatoms. The van der Waals surface area contributed by atoms with Crippen molar-refractivity contribution in [2.45, 2.75) is 57.6 Å². The fraction of sp³-hybridized carbons (Fsp3) is 0.250. The fourth-order valence-electron chi connectivity index (χ4n) is 5.73. The molecule has 1 aliphatic rings. The summed E-state index contributed by atoms with van der Waals surface area (Å²) in [7, 11) is 0. The minimum absolute atomic E-state index is 0.149. The van der Waals surface area contributed by atoms with Crippen molar-refractivity contribution < 1.29 is 18.9 Å². The zero-order chi connectivity index (χ0) is 30.0. The Morgan fingerprint density at radius 3 is 1.82 bits per heavy atom. The number of rotatable bonds is 12. The molecule has 2 unspecified atom stereocenters. The van der Waals surface area contributed by atoms with Crippen LogP contribution in [0.15, 0.2) is 140 Å². The highest BCUT2D eigenvalue weighted by Crippen LogP contribution is 2.38. The standard InChI is InChI=1S/C40H40O4/c1-30-20-22-34(23-21-30)35-18-11-19-36(24-35)39-40(43-28-33-16-9-4-10-17-33)38(42-27-32-14-7-3-8-15-32)25-37(44-39)29-41-26-31-12-5-2-6-13-31/h2-24,37-40H,25-29H2,1H3/t37?,38-,39?,40+/m0/s1. The summed E-state index contributed by atoms with van der Waals surface area (Å²) in [5.41, 5.74) is 8.04. The van der Waals surface area contributed by atoms with E-state index < -0.39 is 0 Å². The Bertz CT molecular complexity index is 1550. The van der Waals surface area contributed by atoms with E-state index in [1.807, 2.05) is 54.6 Å². The van der Waals surface area contributed by atoms with Crippen LogP contribution in [0.4, 0.5) is 0 Å². The Labute approximate surface area is 261 Å². The van der Waals surface area contributed by atoms with Crippen LogP contribution in [0, 0.1) is 6.92 Å². The molecule has 0 saturated carbocycles. The summed E-state index contributed by atoms with van der Waals surface area (Å²) >= 11 is 0. The topological polar surface area (TPSA) is 36.9 Å². The largest absolute Gasteiger partial charge is 0.374 e. The van der Waals surface area contributed by atoms with E-state index >= 15 is 0 Å². The second kappa shape index (κ2) is 15.1. The molecular formula is C40H40O4. The van der Waals surface area contributed by atoms with Crippen molar-refractivity contribution in [1.29, 1.82) is 0 Å². The van der Waals surface area contributed by atoms with Crippen molar-refractivity contribution in [1.82, 2.24) is 0 Å². The summed E-state index contributed by atoms with van der Waals surface area (Å²) in [6.07, 6.45) is -0.300. The lowest BCUT2D eigenvalue weighted by molar-refractivity contribution is -0.219. The molecule has 0 aliphatic carbocycles. The lowest BCUT2D eigenvalue weighted by atomic mass is 9.91. The molecule has 44 heavy (non-hydrogen) atoms. The minimum Gasteiger partial charge on any atom is -0.374 e. The van der Waals surface area contributed by atoms with Gasteiger partial charge in [0.25, 0.3) is 0 Å². The number of ether oxygens (including phenoxy) is 4. The van der Waals surface area contributed by atoms with Crippen molar-refractivity contribution in [3.05, 3.63) is 167 Å². The van der Waals surface area contributed by atoms with Crippen molar-refractivity contribution in [3.63, 3.8) is 0 Å². The molecule has 5 aromatic carbocycles. The molecule has 6 rings (SSSR count). The van der Waals surface area contributed by atoms with Crippen LogP contribution in [-0.4, -0.2) is 24.9 Å². The summed E-state index contributed by atoms with van der Waals surface area (Å²) in [5.74, 6) is 0. The third-order valence-electron chi connectivity index (χ3n) is 8.11. The van der Waals surface area contributed by atoms with Gasteiger partial charge in [-0.25, -0.2) is 0 Å². The van der Waals surface area contributed by atoms with Crippen LogP contribution >= 0.6 is 0 Å². The SMILES string of the molecule is Cc1ccc(-c2cccc(C3OC(COCc4ccccc4)C[C@H](OCc4ccccc4)[C@H]3OCc3ccccc3)c2)cc1. The molecular weight excluding hydrogens is 544 g/mol. The summed E-state index contributed by atoms with van der Waals surface area (Å²) in [6.45, 7) is 4.10. The van der Waals surface area contributed by atoms with Crippen LogP contribution < -0.4 is 0 Å². The molecule has 1 saturated heterocycles. The highest BCUT2D eigenvalue weighted by Gasteiger charge is 2.41. The van der Waals surface area contributed by atoms with E-state index in [0.29, 0.717) is 32.8 Å². The maximum atomic E-state index is 6.87. The van der Waals surface area contributed by atoms with Crippen LogP contribution in [0.2, 0.25) is 0 Å². The van der Waals surface area contributed by atoms with Gasteiger partial charge in [-0.15, -0.1) is 0 Å². The maximum Gasteiger partial charge on any atom is 0.114 e. The molecule has 0 amide bonds. The van der Waals surface area contributed by atoms with Gasteiger partial charge in [0, 0.05) is 6.42 Å². The summed E-state index contributed by atoms with van der Waals surface area (Å²) in [6, 6.07) is 48.2. The Morgan fingerprint density at radius 1 is 0.591 bits per heavy atom. The maximum absolute atomic E-state index is 6.87. The predicted octanol–water partition coefficient (Wildman–Crippen LogP) is 8.88. The van der Waals surface area contributed by atoms with E-state index in [9.17, 15) is 0 Å². The normalized spacial score (nSPS) is 19.9. The van der Waals surface area contributed by atoms with E-state index in [0.717, 1.165) is 27.8 Å². The van der Waals surface area contributed by atoms with Crippen LogP contribution in [0.1, 0.15) is 40.3 Å². The molecule has 0 spiro atoms. The second-order valence-corrected chi connectivity index (χ2v) is 11.5. The number of benzene rings is 5. The van der Waals surface area contributed by atoms with Gasteiger partial charge in [0.1, 0.15) is 12.2 Å². The Kier molecular flexibility index (Phi) is 10.3. The molecule has 5 aromatic rings. The van der Waals surface area contributed by atoms with E-state index in [1.54, 1.807) is 0 Å². The first-order chi connectivity index (χ1) is 21.7. The lowest BCUT2D eigenvalue weighted by Gasteiger charge is -2.42. The molecule has 1 aliphatic heterocycles. The Morgan fingerprint density at radius 2 is 1.18 bits per heavy atom. The molecule has 1 fully saturated rings. The molecule has 4 atom stereocenters. The molecule has 0 N–H and O–H groups in total. The highest BCUT2D eigenvalue weighted by molar-refractivity contribution is 5.64. The van der Waals surface area contributed by atoms with E-state index in [-0.39, 0.29) is 24.4 Å². The first-order valence-corrected chi connectivity index (χ1v) is 15.5. The third-order valence-corrected chi connectivity index (χ3v) is 8.11. The molecule has 0 aromatic heterocycles. The molecule has 0 bridgehead atoms. The van der Waals surface area contributed by atoms with E-state index in [4.69, 9.17) is 18.9 Å². The molecule has 4 nitrogen and oxygen atoms in total. The van der Waals surface area contributed by atoms with Gasteiger partial charge in [0.15, 0.2) is 0 Å². The monoisotopic (exact) mass is 584 g/mol. The van der Waals surface area contributed by atoms with Gasteiger partial charge in [0.2, 0.25) is 0 Å². The summed E-state index contributed by atoms with van der Waals surface area (Å²) < 4.78 is 26.5. The van der Waals surface area contributed by atoms with Crippen LogP contribution in [-0.2, 0) is 38.8 Å². The average molecular weight is 585 g/mol. The Hall–Kier alpha value is -4.06. The lowest BCUT2D eigenvalue weighted by Crippen LogP contribution is -2.47. The molecule has 0 radical (unpaired) electrons. The predicted molar refractivity (Wildman–Crippen MR) is 175 cm³/mol. The zero-order valence-corrected chi connectivity index (χ0v) is 25.3.